The Labute approximate surface area is 126 Å². The van der Waals surface area contributed by atoms with Crippen LogP contribution in [0.15, 0.2) is 18.2 Å². The molecule has 0 bridgehead atoms. The van der Waals surface area contributed by atoms with Crippen molar-refractivity contribution in [2.45, 2.75) is 12.4 Å². The number of halogens is 3. The number of methoxy groups -OCH3 is 1. The van der Waals surface area contributed by atoms with Crippen molar-refractivity contribution >= 4 is 34.8 Å². The molecule has 0 spiro atoms. The zero-order valence-corrected chi connectivity index (χ0v) is 12.5. The molecule has 7 heteroatoms. The van der Waals surface area contributed by atoms with Gasteiger partial charge in [-0.25, -0.2) is 0 Å². The summed E-state index contributed by atoms with van der Waals surface area (Å²) in [7, 11) is 1.64. The lowest BCUT2D eigenvalue weighted by molar-refractivity contribution is 0.187. The lowest BCUT2D eigenvalue weighted by Crippen LogP contribution is -2.09. The molecule has 1 aromatic carbocycles. The van der Waals surface area contributed by atoms with Crippen LogP contribution in [-0.2, 0) is 17.2 Å². The largest absolute Gasteiger partial charge is 0.383 e. The van der Waals surface area contributed by atoms with E-state index in [1.807, 2.05) is 16.7 Å². The molecular formula is C12H12Cl3N3O. The van der Waals surface area contributed by atoms with E-state index in [1.54, 1.807) is 13.2 Å². The molecule has 0 saturated heterocycles. The van der Waals surface area contributed by atoms with Crippen molar-refractivity contribution in [1.29, 1.82) is 0 Å². The molecule has 0 aliphatic heterocycles. The van der Waals surface area contributed by atoms with Gasteiger partial charge in [-0.3, -0.25) is 0 Å². The third-order valence-corrected chi connectivity index (χ3v) is 3.72. The third kappa shape index (κ3) is 3.03. The molecule has 1 heterocycles. The van der Waals surface area contributed by atoms with Crippen molar-refractivity contribution in [2.24, 2.45) is 0 Å². The summed E-state index contributed by atoms with van der Waals surface area (Å²) in [5, 5.41) is 9.13. The Morgan fingerprint density at radius 2 is 2.05 bits per heavy atom. The van der Waals surface area contributed by atoms with Crippen molar-refractivity contribution in [3.63, 3.8) is 0 Å². The lowest BCUT2D eigenvalue weighted by atomic mass is 10.2. The van der Waals surface area contributed by atoms with Crippen molar-refractivity contribution < 1.29 is 4.74 Å². The molecule has 0 aliphatic carbocycles. The predicted octanol–water partition coefficient (Wildman–Crippen LogP) is 3.64. The standard InChI is InChI=1S/C12H12Cl3N3O/c1-19-6-5-18-10(7-13)16-17-12(18)8-3-2-4-9(14)11(8)15/h2-4H,5-7H2,1H3. The zero-order valence-electron chi connectivity index (χ0n) is 10.2. The first-order valence-corrected chi connectivity index (χ1v) is 6.89. The van der Waals surface area contributed by atoms with Crippen molar-refractivity contribution in [3.05, 3.63) is 34.1 Å². The Morgan fingerprint density at radius 3 is 2.74 bits per heavy atom. The predicted molar refractivity (Wildman–Crippen MR) is 76.9 cm³/mol. The van der Waals surface area contributed by atoms with Gasteiger partial charge in [0.15, 0.2) is 5.82 Å². The van der Waals surface area contributed by atoms with Crippen molar-refractivity contribution in [2.75, 3.05) is 13.7 Å². The summed E-state index contributed by atoms with van der Waals surface area (Å²) >= 11 is 18.1. The van der Waals surface area contributed by atoms with Crippen LogP contribution in [-0.4, -0.2) is 28.5 Å². The van der Waals surface area contributed by atoms with E-state index in [-0.39, 0.29) is 5.88 Å². The number of aromatic nitrogens is 3. The van der Waals surface area contributed by atoms with Gasteiger partial charge in [0.1, 0.15) is 5.82 Å². The minimum atomic E-state index is 0.273. The molecule has 0 aliphatic rings. The van der Waals surface area contributed by atoms with Crippen LogP contribution in [0.5, 0.6) is 0 Å². The maximum atomic E-state index is 6.21. The number of benzene rings is 1. The fraction of sp³-hybridized carbons (Fsp3) is 0.333. The molecule has 1 aromatic heterocycles. The van der Waals surface area contributed by atoms with Gasteiger partial charge < -0.3 is 9.30 Å². The zero-order chi connectivity index (χ0) is 13.8. The van der Waals surface area contributed by atoms with Crippen LogP contribution in [0, 0.1) is 0 Å². The summed E-state index contributed by atoms with van der Waals surface area (Å²) in [6.45, 7) is 1.14. The highest BCUT2D eigenvalue weighted by Gasteiger charge is 2.16. The maximum Gasteiger partial charge on any atom is 0.165 e. The van der Waals surface area contributed by atoms with Crippen LogP contribution < -0.4 is 0 Å². The molecular weight excluding hydrogens is 309 g/mol. The molecule has 0 radical (unpaired) electrons. The van der Waals surface area contributed by atoms with Crippen LogP contribution in [0.4, 0.5) is 0 Å². The average molecular weight is 321 g/mol. The molecule has 2 rings (SSSR count). The van der Waals surface area contributed by atoms with Gasteiger partial charge in [-0.1, -0.05) is 29.3 Å². The highest BCUT2D eigenvalue weighted by Crippen LogP contribution is 2.32. The van der Waals surface area contributed by atoms with Crippen LogP contribution >= 0.6 is 34.8 Å². The lowest BCUT2D eigenvalue weighted by Gasteiger charge is -2.10. The normalized spacial score (nSPS) is 10.9. The molecule has 4 nitrogen and oxygen atoms in total. The fourth-order valence-electron chi connectivity index (χ4n) is 1.73. The van der Waals surface area contributed by atoms with Gasteiger partial charge in [0.25, 0.3) is 0 Å². The summed E-state index contributed by atoms with van der Waals surface area (Å²) in [5.41, 5.74) is 0.731. The summed E-state index contributed by atoms with van der Waals surface area (Å²) < 4.78 is 6.96. The van der Waals surface area contributed by atoms with Gasteiger partial charge in [0.2, 0.25) is 0 Å². The summed E-state index contributed by atoms with van der Waals surface area (Å²) in [6.07, 6.45) is 0. The van der Waals surface area contributed by atoms with E-state index in [9.17, 15) is 0 Å². The average Bonchev–Trinajstić information content (AvgIpc) is 2.82. The number of nitrogens with zero attached hydrogens (tertiary/aromatic N) is 3. The van der Waals surface area contributed by atoms with E-state index in [4.69, 9.17) is 39.5 Å². The Balaban J connectivity index is 2.49. The number of ether oxygens (including phenoxy) is 1. The van der Waals surface area contributed by atoms with E-state index in [0.717, 1.165) is 5.56 Å². The molecule has 0 amide bonds. The van der Waals surface area contributed by atoms with Gasteiger partial charge >= 0.3 is 0 Å². The minimum absolute atomic E-state index is 0.273. The number of alkyl halides is 1. The molecule has 19 heavy (non-hydrogen) atoms. The molecule has 0 saturated carbocycles. The van der Waals surface area contributed by atoms with Crippen molar-refractivity contribution in [1.82, 2.24) is 14.8 Å². The van der Waals surface area contributed by atoms with Crippen LogP contribution in [0.25, 0.3) is 11.4 Å². The van der Waals surface area contributed by atoms with Crippen LogP contribution in [0.3, 0.4) is 0 Å². The highest BCUT2D eigenvalue weighted by molar-refractivity contribution is 6.43. The van der Waals surface area contributed by atoms with Gasteiger partial charge in [-0.15, -0.1) is 21.8 Å². The van der Waals surface area contributed by atoms with Gasteiger partial charge in [-0.05, 0) is 12.1 Å². The van der Waals surface area contributed by atoms with Gasteiger partial charge in [0.05, 0.1) is 22.5 Å². The quantitative estimate of drug-likeness (QED) is 0.790. The molecule has 0 unspecified atom stereocenters. The number of rotatable bonds is 5. The smallest absolute Gasteiger partial charge is 0.165 e. The number of hydrogen-bond donors (Lipinski definition) is 0. The first-order valence-electron chi connectivity index (χ1n) is 5.60. The summed E-state index contributed by atoms with van der Waals surface area (Å²) in [4.78, 5) is 0. The van der Waals surface area contributed by atoms with Crippen LogP contribution in [0.1, 0.15) is 5.82 Å². The van der Waals surface area contributed by atoms with Crippen molar-refractivity contribution in [3.8, 4) is 11.4 Å². The first kappa shape index (κ1) is 14.6. The molecule has 2 aromatic rings. The van der Waals surface area contributed by atoms with E-state index in [1.165, 1.54) is 0 Å². The van der Waals surface area contributed by atoms with Gasteiger partial charge in [-0.2, -0.15) is 0 Å². The summed E-state index contributed by atoms with van der Waals surface area (Å²) in [6, 6.07) is 5.39. The molecule has 0 atom stereocenters. The maximum absolute atomic E-state index is 6.21. The first-order chi connectivity index (χ1) is 9.19. The molecule has 0 fully saturated rings. The number of hydrogen-bond acceptors (Lipinski definition) is 3. The molecule has 102 valence electrons. The SMILES string of the molecule is COCCn1c(CCl)nnc1-c1cccc(Cl)c1Cl. The van der Waals surface area contributed by atoms with E-state index in [2.05, 4.69) is 10.2 Å². The Morgan fingerprint density at radius 1 is 1.26 bits per heavy atom. The Hall–Kier alpha value is -0.810. The highest BCUT2D eigenvalue weighted by atomic mass is 35.5. The monoisotopic (exact) mass is 319 g/mol. The molecule has 0 N–H and O–H groups in total. The van der Waals surface area contributed by atoms with E-state index >= 15 is 0 Å². The topological polar surface area (TPSA) is 39.9 Å². The van der Waals surface area contributed by atoms with Crippen LogP contribution in [0.2, 0.25) is 10.0 Å². The minimum Gasteiger partial charge on any atom is -0.383 e. The Bertz CT molecular complexity index is 571. The van der Waals surface area contributed by atoms with E-state index in [0.29, 0.717) is 34.8 Å². The van der Waals surface area contributed by atoms with Gasteiger partial charge in [0, 0.05) is 19.2 Å². The van der Waals surface area contributed by atoms with E-state index < -0.39 is 0 Å². The summed E-state index contributed by atoms with van der Waals surface area (Å²) in [5.74, 6) is 1.58. The second-order valence-electron chi connectivity index (χ2n) is 3.82. The Kier molecular flexibility index (Phi) is 5.05. The second kappa shape index (κ2) is 6.57. The second-order valence-corrected chi connectivity index (χ2v) is 4.87. The third-order valence-electron chi connectivity index (χ3n) is 2.66. The fourth-order valence-corrected chi connectivity index (χ4v) is 2.31.